The van der Waals surface area contributed by atoms with Crippen molar-refractivity contribution >= 4 is 60.3 Å². The molecular formula is C20H14AsNO5S2. The predicted molar refractivity (Wildman–Crippen MR) is 113 cm³/mol. The van der Waals surface area contributed by atoms with E-state index in [2.05, 4.69) is 0 Å². The number of anilines is 1. The Morgan fingerprint density at radius 3 is 2.00 bits per heavy atom. The van der Waals surface area contributed by atoms with Gasteiger partial charge in [-0.25, -0.2) is 0 Å². The van der Waals surface area contributed by atoms with Crippen molar-refractivity contribution in [2.75, 3.05) is 5.73 Å². The van der Waals surface area contributed by atoms with E-state index in [-0.39, 0.29) is 42.2 Å². The first-order valence-corrected chi connectivity index (χ1v) is 11.8. The number of nitrogen functional groups attached to an aromatic ring is 1. The van der Waals surface area contributed by atoms with Gasteiger partial charge in [-0.1, -0.05) is 0 Å². The third-order valence-corrected chi connectivity index (χ3v) is 8.19. The maximum atomic E-state index is 13.2. The summed E-state index contributed by atoms with van der Waals surface area (Å²) in [6.07, 6.45) is 0. The molecule has 1 aliphatic carbocycles. The first-order valence-electron chi connectivity index (χ1n) is 8.34. The van der Waals surface area contributed by atoms with Crippen LogP contribution in [-0.2, 0) is 10.1 Å². The van der Waals surface area contributed by atoms with E-state index in [0.29, 0.717) is 10.6 Å². The molecule has 0 aliphatic heterocycles. The fraction of sp³-hybridized carbons (Fsp3) is 0. The zero-order valence-electron chi connectivity index (χ0n) is 14.7. The average Bonchev–Trinajstić information content (AvgIpc) is 2.68. The first kappa shape index (κ1) is 19.9. The minimum absolute atomic E-state index is 0.0294. The van der Waals surface area contributed by atoms with Gasteiger partial charge in [-0.2, -0.15) is 0 Å². The van der Waals surface area contributed by atoms with E-state index < -0.39 is 15.9 Å². The van der Waals surface area contributed by atoms with Crippen LogP contribution in [0, 0.1) is 0 Å². The molecular weight excluding hydrogens is 473 g/mol. The zero-order valence-corrected chi connectivity index (χ0v) is 18.8. The summed E-state index contributed by atoms with van der Waals surface area (Å²) in [7, 11) is -4.59. The number of hydrogen-bond acceptors (Lipinski definition) is 6. The molecule has 146 valence electrons. The second-order valence-corrected chi connectivity index (χ2v) is 10.1. The summed E-state index contributed by atoms with van der Waals surface area (Å²) in [5.41, 5.74) is 6.94. The third kappa shape index (κ3) is 3.42. The van der Waals surface area contributed by atoms with E-state index in [1.807, 2.05) is 0 Å². The van der Waals surface area contributed by atoms with Crippen LogP contribution in [0.1, 0.15) is 31.8 Å². The zero-order chi connectivity index (χ0) is 20.9. The molecule has 0 saturated carbocycles. The number of carbonyl (C=O) groups excluding carboxylic acids is 2. The Hall–Kier alpha value is -2.38. The van der Waals surface area contributed by atoms with Crippen LogP contribution in [0.3, 0.4) is 0 Å². The molecule has 4 rings (SSSR count). The Balaban J connectivity index is 2.02. The Kier molecular flexibility index (Phi) is 4.91. The molecule has 9 heteroatoms. The van der Waals surface area contributed by atoms with Crippen molar-refractivity contribution in [1.29, 1.82) is 0 Å². The normalized spacial score (nSPS) is 13.2. The standard InChI is InChI=1S/C20H14AsNO5S2/c21-18-15(29(25,26)27)9-14(28-11-7-5-10(22)6-8-11)16-17(18)20(24)13-4-2-1-3-12(13)19(16)23/h1-9H,21-22H2,(H,25,26,27). The van der Waals surface area contributed by atoms with Gasteiger partial charge < -0.3 is 0 Å². The molecule has 0 heterocycles. The van der Waals surface area contributed by atoms with Crippen LogP contribution < -0.4 is 10.1 Å². The molecule has 6 nitrogen and oxygen atoms in total. The summed E-state index contributed by atoms with van der Waals surface area (Å²) in [6, 6.07) is 14.5. The van der Waals surface area contributed by atoms with Crippen LogP contribution in [0.15, 0.2) is 69.3 Å². The van der Waals surface area contributed by atoms with Crippen LogP contribution in [0.25, 0.3) is 0 Å². The Bertz CT molecular complexity index is 1300. The molecule has 1 unspecified atom stereocenters. The second kappa shape index (κ2) is 7.14. The summed E-state index contributed by atoms with van der Waals surface area (Å²) in [5.74, 6) is -0.784. The fourth-order valence-corrected chi connectivity index (χ4v) is 6.63. The summed E-state index contributed by atoms with van der Waals surface area (Å²) < 4.78 is 33.8. The summed E-state index contributed by atoms with van der Waals surface area (Å²) in [6.45, 7) is 0. The molecule has 3 aromatic carbocycles. The van der Waals surface area contributed by atoms with Gasteiger partial charge in [0.25, 0.3) is 0 Å². The summed E-state index contributed by atoms with van der Waals surface area (Å²) in [4.78, 5) is 27.0. The van der Waals surface area contributed by atoms with Gasteiger partial charge in [-0.3, -0.25) is 0 Å². The van der Waals surface area contributed by atoms with E-state index >= 15 is 0 Å². The van der Waals surface area contributed by atoms with Gasteiger partial charge in [0, 0.05) is 0 Å². The maximum absolute atomic E-state index is 13.2. The quantitative estimate of drug-likeness (QED) is 0.257. The Labute approximate surface area is 179 Å². The molecule has 3 aromatic rings. The van der Waals surface area contributed by atoms with Crippen molar-refractivity contribution in [1.82, 2.24) is 0 Å². The van der Waals surface area contributed by atoms with E-state index in [1.54, 1.807) is 42.5 Å². The molecule has 0 amide bonds. The number of fused-ring (bicyclic) bond motifs is 2. The molecule has 3 N–H and O–H groups in total. The topological polar surface area (TPSA) is 115 Å². The van der Waals surface area contributed by atoms with Crippen LogP contribution in [-0.4, -0.2) is 41.4 Å². The molecule has 0 radical (unpaired) electrons. The van der Waals surface area contributed by atoms with Crippen LogP contribution >= 0.6 is 11.8 Å². The second-order valence-electron chi connectivity index (χ2n) is 6.39. The van der Waals surface area contributed by atoms with Crippen molar-refractivity contribution in [2.24, 2.45) is 0 Å². The van der Waals surface area contributed by atoms with E-state index in [4.69, 9.17) is 5.73 Å². The van der Waals surface area contributed by atoms with Gasteiger partial charge in [-0.05, 0) is 0 Å². The monoisotopic (exact) mass is 487 g/mol. The molecule has 1 atom stereocenters. The number of hydrogen-bond donors (Lipinski definition) is 2. The number of nitrogens with two attached hydrogens (primary N) is 1. The molecule has 0 saturated heterocycles. The van der Waals surface area contributed by atoms with Crippen LogP contribution in [0.2, 0.25) is 0 Å². The third-order valence-electron chi connectivity index (χ3n) is 4.55. The van der Waals surface area contributed by atoms with Gasteiger partial charge in [0.15, 0.2) is 0 Å². The Morgan fingerprint density at radius 2 is 1.45 bits per heavy atom. The Morgan fingerprint density at radius 1 is 0.897 bits per heavy atom. The average molecular weight is 487 g/mol. The van der Waals surface area contributed by atoms with E-state index in [9.17, 15) is 22.6 Å². The minimum atomic E-state index is -4.59. The van der Waals surface area contributed by atoms with Crippen LogP contribution in [0.4, 0.5) is 5.69 Å². The van der Waals surface area contributed by atoms with Crippen molar-refractivity contribution in [2.45, 2.75) is 14.7 Å². The van der Waals surface area contributed by atoms with Crippen molar-refractivity contribution < 1.29 is 22.6 Å². The summed E-state index contributed by atoms with van der Waals surface area (Å²) in [5, 5.41) is 0. The first-order chi connectivity index (χ1) is 13.7. The van der Waals surface area contributed by atoms with Crippen molar-refractivity contribution in [3.8, 4) is 0 Å². The van der Waals surface area contributed by atoms with E-state index in [0.717, 1.165) is 28.6 Å². The van der Waals surface area contributed by atoms with Crippen molar-refractivity contribution in [3.05, 3.63) is 76.9 Å². The van der Waals surface area contributed by atoms with Gasteiger partial charge in [0.05, 0.1) is 0 Å². The molecule has 0 fully saturated rings. The molecule has 0 spiro atoms. The number of rotatable bonds is 3. The predicted octanol–water partition coefficient (Wildman–Crippen LogP) is 1.70. The van der Waals surface area contributed by atoms with Crippen LogP contribution in [0.5, 0.6) is 0 Å². The number of carbonyl (C=O) groups is 2. The fourth-order valence-electron chi connectivity index (χ4n) is 3.22. The van der Waals surface area contributed by atoms with Gasteiger partial charge in [-0.15, -0.1) is 0 Å². The van der Waals surface area contributed by atoms with Gasteiger partial charge >= 0.3 is 180 Å². The molecule has 0 aromatic heterocycles. The number of benzene rings is 3. The molecule has 1 aliphatic rings. The SMILES string of the molecule is Nc1ccc(Sc2cc(S(=O)(=O)O)c([AsH2])c3c2C(=O)c2ccccc2C3=O)cc1. The summed E-state index contributed by atoms with van der Waals surface area (Å²) >= 11 is 1.98. The van der Waals surface area contributed by atoms with E-state index in [1.165, 1.54) is 12.1 Å². The number of ketones is 2. The molecule has 29 heavy (non-hydrogen) atoms. The van der Waals surface area contributed by atoms with Gasteiger partial charge in [0.1, 0.15) is 0 Å². The van der Waals surface area contributed by atoms with Gasteiger partial charge in [0.2, 0.25) is 0 Å². The molecule has 0 bridgehead atoms. The van der Waals surface area contributed by atoms with Crippen molar-refractivity contribution in [3.63, 3.8) is 0 Å².